The number of rotatable bonds is 3. The molecular formula is C23H41NO2Si. The molecule has 4 fully saturated rings. The highest BCUT2D eigenvalue weighted by Crippen LogP contribution is 2.66. The maximum atomic E-state index is 6.54. The average molecular weight is 392 g/mol. The molecule has 4 aliphatic carbocycles. The summed E-state index contributed by atoms with van der Waals surface area (Å²) in [5.41, 5.74) is 2.34. The van der Waals surface area contributed by atoms with Crippen molar-refractivity contribution in [2.75, 3.05) is 7.11 Å². The molecule has 0 heterocycles. The Morgan fingerprint density at radius 3 is 2.48 bits per heavy atom. The molecule has 0 aromatic heterocycles. The van der Waals surface area contributed by atoms with Gasteiger partial charge in [-0.25, -0.2) is 0 Å². The summed E-state index contributed by atoms with van der Waals surface area (Å²) in [4.78, 5) is 5.15. The van der Waals surface area contributed by atoms with Crippen molar-refractivity contribution in [3.8, 4) is 0 Å². The van der Waals surface area contributed by atoms with E-state index in [-0.39, 0.29) is 0 Å². The molecule has 0 aromatic carbocycles. The number of oxime groups is 1. The number of nitrogens with zero attached hydrogens (tertiary/aromatic N) is 1. The summed E-state index contributed by atoms with van der Waals surface area (Å²) in [5.74, 6) is 3.54. The van der Waals surface area contributed by atoms with Gasteiger partial charge in [-0.15, -0.1) is 0 Å². The van der Waals surface area contributed by atoms with Crippen LogP contribution in [0.4, 0.5) is 0 Å². The lowest BCUT2D eigenvalue weighted by molar-refractivity contribution is -0.118. The van der Waals surface area contributed by atoms with Gasteiger partial charge in [-0.1, -0.05) is 19.0 Å². The van der Waals surface area contributed by atoms with Crippen LogP contribution in [0, 0.1) is 34.5 Å². The quantitative estimate of drug-likeness (QED) is 0.420. The van der Waals surface area contributed by atoms with Gasteiger partial charge in [0, 0.05) is 6.10 Å². The Hall–Kier alpha value is -0.353. The first-order valence-electron chi connectivity index (χ1n) is 11.4. The van der Waals surface area contributed by atoms with Gasteiger partial charge in [0.2, 0.25) is 0 Å². The highest BCUT2D eigenvalue weighted by Gasteiger charge is 2.59. The van der Waals surface area contributed by atoms with Crippen LogP contribution < -0.4 is 0 Å². The summed E-state index contributed by atoms with van der Waals surface area (Å²) in [6.45, 7) is 12.2. The Kier molecular flexibility index (Phi) is 5.07. The first-order valence-corrected chi connectivity index (χ1v) is 14.8. The van der Waals surface area contributed by atoms with Crippen LogP contribution >= 0.6 is 0 Å². The van der Waals surface area contributed by atoms with Gasteiger partial charge < -0.3 is 9.26 Å². The van der Waals surface area contributed by atoms with Crippen LogP contribution in [0.1, 0.15) is 71.6 Å². The summed E-state index contributed by atoms with van der Waals surface area (Å²) in [6.07, 6.45) is 12.6. The third kappa shape index (κ3) is 3.54. The van der Waals surface area contributed by atoms with E-state index in [4.69, 9.17) is 9.26 Å². The van der Waals surface area contributed by atoms with E-state index in [0.29, 0.717) is 16.9 Å². The molecular weight excluding hydrogens is 350 g/mol. The highest BCUT2D eigenvalue weighted by molar-refractivity contribution is 6.69. The molecule has 7 atom stereocenters. The van der Waals surface area contributed by atoms with Crippen LogP contribution in [0.15, 0.2) is 5.16 Å². The predicted octanol–water partition coefficient (Wildman–Crippen LogP) is 6.25. The van der Waals surface area contributed by atoms with Crippen molar-refractivity contribution in [3.63, 3.8) is 0 Å². The maximum absolute atomic E-state index is 6.54. The van der Waals surface area contributed by atoms with Gasteiger partial charge in [0.05, 0.1) is 5.71 Å². The predicted molar refractivity (Wildman–Crippen MR) is 114 cm³/mol. The maximum Gasteiger partial charge on any atom is 0.184 e. The third-order valence-electron chi connectivity index (χ3n) is 8.94. The molecule has 0 aliphatic heterocycles. The Morgan fingerprint density at radius 2 is 1.78 bits per heavy atom. The second-order valence-corrected chi connectivity index (χ2v) is 16.2. The van der Waals surface area contributed by atoms with Gasteiger partial charge in [-0.05, 0) is 112 Å². The molecule has 0 N–H and O–H groups in total. The SMILES string of the molecule is CON=C1C[C@H]2[C@@H]3CC[C@H]4C[C@@H](O[Si](C)(C)C)CC[C@]4(C)[C@H]3CC[C@]2(C)C1. The smallest absolute Gasteiger partial charge is 0.184 e. The molecule has 4 rings (SSSR count). The van der Waals surface area contributed by atoms with Gasteiger partial charge >= 0.3 is 0 Å². The lowest BCUT2D eigenvalue weighted by atomic mass is 9.45. The second kappa shape index (κ2) is 6.86. The Bertz CT molecular complexity index is 600. The van der Waals surface area contributed by atoms with Crippen LogP contribution in [0.5, 0.6) is 0 Å². The number of hydrogen-bond acceptors (Lipinski definition) is 3. The van der Waals surface area contributed by atoms with Crippen LogP contribution in [-0.4, -0.2) is 27.2 Å². The van der Waals surface area contributed by atoms with Gasteiger partial charge in [-0.3, -0.25) is 0 Å². The first kappa shape index (κ1) is 19.9. The summed E-state index contributed by atoms with van der Waals surface area (Å²) < 4.78 is 6.54. The zero-order chi connectivity index (χ0) is 19.4. The number of hydrogen-bond donors (Lipinski definition) is 0. The molecule has 4 heteroatoms. The van der Waals surface area contributed by atoms with E-state index in [9.17, 15) is 0 Å². The Balaban J connectivity index is 1.51. The van der Waals surface area contributed by atoms with Crippen molar-refractivity contribution < 1.29 is 9.26 Å². The normalized spacial score (nSPS) is 48.7. The molecule has 0 unspecified atom stereocenters. The molecule has 154 valence electrons. The molecule has 0 saturated heterocycles. The molecule has 0 bridgehead atoms. The van der Waals surface area contributed by atoms with E-state index in [2.05, 4.69) is 38.6 Å². The fourth-order valence-electron chi connectivity index (χ4n) is 7.83. The standard InChI is InChI=1S/C23H41NO2Si/c1-22-11-10-20-19(21(22)14-17(15-22)24-25-3)8-7-16-13-18(26-27(4,5)6)9-12-23(16,20)2/h16,18-21H,7-15H2,1-6H3/t16-,18-,19+,20-,21-,22+,23-/m0/s1. The van der Waals surface area contributed by atoms with Crippen LogP contribution in [0.25, 0.3) is 0 Å². The Labute approximate surface area is 167 Å². The minimum atomic E-state index is -1.43. The third-order valence-corrected chi connectivity index (χ3v) is 9.98. The van der Waals surface area contributed by atoms with Crippen molar-refractivity contribution in [2.45, 2.75) is 97.4 Å². The van der Waals surface area contributed by atoms with E-state index >= 15 is 0 Å². The average Bonchev–Trinajstić information content (AvgIpc) is 2.90. The van der Waals surface area contributed by atoms with E-state index in [1.165, 1.54) is 63.5 Å². The Morgan fingerprint density at radius 1 is 1.00 bits per heavy atom. The minimum absolute atomic E-state index is 0.472. The summed E-state index contributed by atoms with van der Waals surface area (Å²) >= 11 is 0. The van der Waals surface area contributed by atoms with Gasteiger partial charge in [0.15, 0.2) is 8.32 Å². The zero-order valence-corrected chi connectivity index (χ0v) is 19.5. The van der Waals surface area contributed by atoms with Crippen molar-refractivity contribution in [2.24, 2.45) is 39.7 Å². The second-order valence-electron chi connectivity index (χ2n) is 11.7. The fraction of sp³-hybridized carbons (Fsp3) is 0.957. The molecule has 0 aromatic rings. The molecule has 0 amide bonds. The van der Waals surface area contributed by atoms with Gasteiger partial charge in [0.25, 0.3) is 0 Å². The van der Waals surface area contributed by atoms with Crippen molar-refractivity contribution in [1.82, 2.24) is 0 Å². The first-order chi connectivity index (χ1) is 12.6. The zero-order valence-electron chi connectivity index (χ0n) is 18.5. The summed E-state index contributed by atoms with van der Waals surface area (Å²) in [6, 6.07) is 0. The lowest BCUT2D eigenvalue weighted by Crippen LogP contribution is -2.53. The molecule has 0 spiro atoms. The largest absolute Gasteiger partial charge is 0.415 e. The lowest BCUT2D eigenvalue weighted by Gasteiger charge is -2.60. The van der Waals surface area contributed by atoms with Gasteiger partial charge in [-0.2, -0.15) is 0 Å². The molecule has 0 radical (unpaired) electrons. The summed E-state index contributed by atoms with van der Waals surface area (Å²) in [5, 5.41) is 4.38. The van der Waals surface area contributed by atoms with E-state index in [0.717, 1.165) is 23.7 Å². The minimum Gasteiger partial charge on any atom is -0.415 e. The molecule has 27 heavy (non-hydrogen) atoms. The van der Waals surface area contributed by atoms with Gasteiger partial charge in [0.1, 0.15) is 7.11 Å². The number of fused-ring (bicyclic) bond motifs is 5. The van der Waals surface area contributed by atoms with Crippen molar-refractivity contribution in [1.29, 1.82) is 0 Å². The van der Waals surface area contributed by atoms with E-state index in [1.807, 2.05) is 0 Å². The van der Waals surface area contributed by atoms with E-state index < -0.39 is 8.32 Å². The monoisotopic (exact) mass is 391 g/mol. The van der Waals surface area contributed by atoms with E-state index in [1.54, 1.807) is 7.11 Å². The molecule has 3 nitrogen and oxygen atoms in total. The topological polar surface area (TPSA) is 30.8 Å². The van der Waals surface area contributed by atoms with Crippen molar-refractivity contribution in [3.05, 3.63) is 0 Å². The van der Waals surface area contributed by atoms with Crippen LogP contribution in [-0.2, 0) is 9.26 Å². The van der Waals surface area contributed by atoms with Crippen LogP contribution in [0.2, 0.25) is 19.6 Å². The fourth-order valence-corrected chi connectivity index (χ4v) is 9.04. The van der Waals surface area contributed by atoms with Crippen molar-refractivity contribution >= 4 is 14.0 Å². The molecule has 4 saturated carbocycles. The highest BCUT2D eigenvalue weighted by atomic mass is 28.4. The summed E-state index contributed by atoms with van der Waals surface area (Å²) in [7, 11) is 0.273. The van der Waals surface area contributed by atoms with Crippen LogP contribution in [0.3, 0.4) is 0 Å². The molecule has 4 aliphatic rings.